The van der Waals surface area contributed by atoms with Crippen LogP contribution in [-0.4, -0.2) is 5.84 Å². The molecule has 0 bridgehead atoms. The largest absolute Gasteiger partial charge is 0.486 e. The molecule has 104 valence electrons. The van der Waals surface area contributed by atoms with Crippen LogP contribution in [0.4, 0.5) is 4.39 Å². The van der Waals surface area contributed by atoms with Gasteiger partial charge in [0.05, 0.1) is 0 Å². The van der Waals surface area contributed by atoms with Crippen molar-refractivity contribution in [1.82, 2.24) is 0 Å². The highest BCUT2D eigenvalue weighted by molar-refractivity contribution is 6.33. The van der Waals surface area contributed by atoms with Crippen LogP contribution in [-0.2, 0) is 6.61 Å². The third-order valence-corrected chi connectivity index (χ3v) is 3.24. The molecule has 0 aliphatic rings. The maximum absolute atomic E-state index is 13.8. The molecule has 2 aromatic carbocycles. The van der Waals surface area contributed by atoms with Crippen LogP contribution in [0.3, 0.4) is 0 Å². The molecule has 0 saturated heterocycles. The van der Waals surface area contributed by atoms with E-state index in [1.807, 2.05) is 0 Å². The van der Waals surface area contributed by atoms with Crippen molar-refractivity contribution in [3.05, 3.63) is 63.4 Å². The molecule has 0 amide bonds. The molecule has 0 radical (unpaired) electrons. The van der Waals surface area contributed by atoms with Crippen LogP contribution in [0.25, 0.3) is 0 Å². The minimum Gasteiger partial charge on any atom is -0.486 e. The molecule has 3 N–H and O–H groups in total. The van der Waals surface area contributed by atoms with E-state index in [0.717, 1.165) is 6.07 Å². The molecule has 6 heteroatoms. The van der Waals surface area contributed by atoms with Crippen molar-refractivity contribution < 1.29 is 9.13 Å². The number of nitrogen functional groups attached to an aromatic ring is 1. The Labute approximate surface area is 125 Å². The normalized spacial score (nSPS) is 10.3. The summed E-state index contributed by atoms with van der Waals surface area (Å²) in [6, 6.07) is 9.06. The Kier molecular flexibility index (Phi) is 4.47. The summed E-state index contributed by atoms with van der Waals surface area (Å²) in [5, 5.41) is 8.25. The van der Waals surface area contributed by atoms with Crippen LogP contribution >= 0.6 is 23.2 Å². The molecule has 0 atom stereocenters. The second-order valence-electron chi connectivity index (χ2n) is 4.08. The molecule has 2 rings (SSSR count). The van der Waals surface area contributed by atoms with E-state index in [1.165, 1.54) is 12.1 Å². The predicted octanol–water partition coefficient (Wildman–Crippen LogP) is 4.00. The van der Waals surface area contributed by atoms with Gasteiger partial charge in [-0.3, -0.25) is 5.41 Å². The van der Waals surface area contributed by atoms with E-state index in [0.29, 0.717) is 21.2 Å². The summed E-state index contributed by atoms with van der Waals surface area (Å²) in [7, 11) is 0. The molecular weight excluding hydrogens is 302 g/mol. The average molecular weight is 313 g/mol. The monoisotopic (exact) mass is 312 g/mol. The highest BCUT2D eigenvalue weighted by atomic mass is 35.5. The standard InChI is InChI=1S/C14H11Cl2FN2O/c15-10-2-3-11(16)9(5-10)7-20-13-4-1-8(14(18)19)6-12(13)17/h1-6H,7H2,(H3,18,19). The van der Waals surface area contributed by atoms with Gasteiger partial charge in [-0.1, -0.05) is 23.2 Å². The first-order valence-electron chi connectivity index (χ1n) is 5.68. The van der Waals surface area contributed by atoms with Crippen molar-refractivity contribution in [1.29, 1.82) is 5.41 Å². The van der Waals surface area contributed by atoms with E-state index in [1.54, 1.807) is 18.2 Å². The zero-order valence-electron chi connectivity index (χ0n) is 10.3. The number of benzene rings is 2. The Morgan fingerprint density at radius 3 is 2.60 bits per heavy atom. The lowest BCUT2D eigenvalue weighted by Crippen LogP contribution is -2.11. The fourth-order valence-electron chi connectivity index (χ4n) is 1.59. The highest BCUT2D eigenvalue weighted by Crippen LogP contribution is 2.24. The highest BCUT2D eigenvalue weighted by Gasteiger charge is 2.08. The van der Waals surface area contributed by atoms with Crippen LogP contribution in [0.1, 0.15) is 11.1 Å². The Morgan fingerprint density at radius 2 is 1.95 bits per heavy atom. The second kappa shape index (κ2) is 6.11. The lowest BCUT2D eigenvalue weighted by molar-refractivity contribution is 0.290. The SMILES string of the molecule is N=C(N)c1ccc(OCc2cc(Cl)ccc2Cl)c(F)c1. The summed E-state index contributed by atoms with van der Waals surface area (Å²) in [4.78, 5) is 0. The quantitative estimate of drug-likeness (QED) is 0.662. The smallest absolute Gasteiger partial charge is 0.165 e. The fraction of sp³-hybridized carbons (Fsp3) is 0.0714. The minimum absolute atomic E-state index is 0.0612. The van der Waals surface area contributed by atoms with Gasteiger partial charge < -0.3 is 10.5 Å². The van der Waals surface area contributed by atoms with Gasteiger partial charge in [-0.2, -0.15) is 0 Å². The van der Waals surface area contributed by atoms with E-state index < -0.39 is 5.82 Å². The molecule has 3 nitrogen and oxygen atoms in total. The first-order valence-corrected chi connectivity index (χ1v) is 6.43. The van der Waals surface area contributed by atoms with Crippen molar-refractivity contribution in [2.75, 3.05) is 0 Å². The number of nitrogens with one attached hydrogen (secondary N) is 1. The zero-order chi connectivity index (χ0) is 14.7. The number of hydrogen-bond acceptors (Lipinski definition) is 2. The minimum atomic E-state index is -0.587. The third-order valence-electron chi connectivity index (χ3n) is 2.63. The van der Waals surface area contributed by atoms with Crippen LogP contribution in [0.2, 0.25) is 10.0 Å². The molecule has 0 aliphatic carbocycles. The molecular formula is C14H11Cl2FN2O. The summed E-state index contributed by atoms with van der Waals surface area (Å²) in [5.41, 5.74) is 6.24. The Hall–Kier alpha value is -1.78. The molecule has 0 aromatic heterocycles. The lowest BCUT2D eigenvalue weighted by atomic mass is 10.2. The predicted molar refractivity (Wildman–Crippen MR) is 78.2 cm³/mol. The number of rotatable bonds is 4. The molecule has 0 fully saturated rings. The topological polar surface area (TPSA) is 59.1 Å². The number of halogens is 3. The molecule has 0 heterocycles. The summed E-state index contributed by atoms with van der Waals surface area (Å²) < 4.78 is 19.1. The molecule has 0 aliphatic heterocycles. The summed E-state index contributed by atoms with van der Waals surface area (Å²) in [5.74, 6) is -0.727. The molecule has 0 spiro atoms. The number of nitrogens with two attached hydrogens (primary N) is 1. The first-order chi connectivity index (χ1) is 9.47. The van der Waals surface area contributed by atoms with Gasteiger partial charge in [0.2, 0.25) is 0 Å². The van der Waals surface area contributed by atoms with Crippen molar-refractivity contribution >= 4 is 29.0 Å². The third kappa shape index (κ3) is 3.40. The number of ether oxygens (including phenoxy) is 1. The van der Waals surface area contributed by atoms with Gasteiger partial charge >= 0.3 is 0 Å². The Balaban J connectivity index is 2.15. The van der Waals surface area contributed by atoms with Crippen LogP contribution in [0.5, 0.6) is 5.75 Å². The van der Waals surface area contributed by atoms with Crippen LogP contribution < -0.4 is 10.5 Å². The second-order valence-corrected chi connectivity index (χ2v) is 4.93. The van der Waals surface area contributed by atoms with Gasteiger partial charge in [-0.15, -0.1) is 0 Å². The zero-order valence-corrected chi connectivity index (χ0v) is 11.8. The van der Waals surface area contributed by atoms with Gasteiger partial charge in [0.15, 0.2) is 11.6 Å². The van der Waals surface area contributed by atoms with Gasteiger partial charge in [-0.05, 0) is 36.4 Å². The van der Waals surface area contributed by atoms with Crippen molar-refractivity contribution in [2.24, 2.45) is 5.73 Å². The van der Waals surface area contributed by atoms with E-state index in [9.17, 15) is 4.39 Å². The maximum Gasteiger partial charge on any atom is 0.165 e. The van der Waals surface area contributed by atoms with Crippen molar-refractivity contribution in [3.63, 3.8) is 0 Å². The Morgan fingerprint density at radius 1 is 1.20 bits per heavy atom. The van der Waals surface area contributed by atoms with E-state index in [4.69, 9.17) is 39.1 Å². The van der Waals surface area contributed by atoms with Gasteiger partial charge in [0.25, 0.3) is 0 Å². The van der Waals surface area contributed by atoms with Crippen molar-refractivity contribution in [3.8, 4) is 5.75 Å². The fourth-order valence-corrected chi connectivity index (χ4v) is 1.96. The van der Waals surface area contributed by atoms with E-state index in [-0.39, 0.29) is 18.2 Å². The number of hydrogen-bond donors (Lipinski definition) is 2. The van der Waals surface area contributed by atoms with Gasteiger partial charge in [-0.25, -0.2) is 4.39 Å². The molecule has 2 aromatic rings. The average Bonchev–Trinajstić information content (AvgIpc) is 2.40. The molecule has 20 heavy (non-hydrogen) atoms. The number of amidine groups is 1. The lowest BCUT2D eigenvalue weighted by Gasteiger charge is -2.10. The van der Waals surface area contributed by atoms with Crippen LogP contribution in [0.15, 0.2) is 36.4 Å². The van der Waals surface area contributed by atoms with E-state index >= 15 is 0 Å². The summed E-state index contributed by atoms with van der Waals surface area (Å²) in [6.07, 6.45) is 0. The van der Waals surface area contributed by atoms with Crippen LogP contribution in [0, 0.1) is 11.2 Å². The van der Waals surface area contributed by atoms with Crippen molar-refractivity contribution in [2.45, 2.75) is 6.61 Å². The van der Waals surface area contributed by atoms with Gasteiger partial charge in [0, 0.05) is 21.2 Å². The van der Waals surface area contributed by atoms with Gasteiger partial charge in [0.1, 0.15) is 12.4 Å². The molecule has 0 unspecified atom stereocenters. The molecule has 0 saturated carbocycles. The van der Waals surface area contributed by atoms with E-state index in [2.05, 4.69) is 0 Å². The summed E-state index contributed by atoms with van der Waals surface area (Å²) in [6.45, 7) is 0.0930. The summed E-state index contributed by atoms with van der Waals surface area (Å²) >= 11 is 11.9. The Bertz CT molecular complexity index is 662. The first kappa shape index (κ1) is 14.6. The maximum atomic E-state index is 13.8.